The van der Waals surface area contributed by atoms with Crippen molar-refractivity contribution < 1.29 is 80.4 Å². The van der Waals surface area contributed by atoms with Crippen LogP contribution in [0.15, 0.2) is 50.6 Å². The van der Waals surface area contributed by atoms with Crippen LogP contribution in [0.5, 0.6) is 0 Å². The molecule has 0 aromatic rings. The first-order chi connectivity index (χ1) is 14.6. The Bertz CT molecular complexity index is 519. The summed E-state index contributed by atoms with van der Waals surface area (Å²) in [5.41, 5.74) is 9.08. The molecule has 4 N–H and O–H groups in total. The van der Waals surface area contributed by atoms with Crippen molar-refractivity contribution in [1.82, 2.24) is 0 Å². The monoisotopic (exact) mass is 510 g/mol. The van der Waals surface area contributed by atoms with Gasteiger partial charge in [-0.05, 0) is 38.2 Å². The summed E-state index contributed by atoms with van der Waals surface area (Å²) in [5, 5.41) is 36.6. The van der Waals surface area contributed by atoms with Crippen LogP contribution < -0.4 is 31.9 Å². The Balaban J connectivity index is -0.0000000490. The molecule has 0 aromatic carbocycles. The molecule has 0 aliphatic rings. The van der Waals surface area contributed by atoms with Gasteiger partial charge in [0.1, 0.15) is 0 Å². The van der Waals surface area contributed by atoms with E-state index in [-0.39, 0.29) is 21.7 Å². The third-order valence-corrected chi connectivity index (χ3v) is 1.24. The van der Waals surface area contributed by atoms with E-state index >= 15 is 0 Å². The minimum Gasteiger partial charge on any atom is -0.545 e. The van der Waals surface area contributed by atoms with Gasteiger partial charge in [0.05, 0.1) is 37.1 Å². The summed E-state index contributed by atoms with van der Waals surface area (Å²) >= 11 is 0. The van der Waals surface area contributed by atoms with Gasteiger partial charge in [0.25, 0.3) is 0 Å². The Morgan fingerprint density at radius 1 is 0.606 bits per heavy atom. The number of amides is 2. The molecular weight excluding hydrogens is 484 g/mol. The summed E-state index contributed by atoms with van der Waals surface area (Å²) in [6.07, 6.45) is 1.47. The topological polar surface area (TPSA) is 265 Å². The molecule has 0 radical (unpaired) electrons. The maximum atomic E-state index is 9.60. The van der Waals surface area contributed by atoms with Crippen molar-refractivity contribution in [2.24, 2.45) is 11.5 Å². The first-order valence-corrected chi connectivity index (χ1v) is 7.81. The number of primary amides is 2. The van der Waals surface area contributed by atoms with Crippen LogP contribution in [0.4, 0.5) is 9.59 Å². The van der Waals surface area contributed by atoms with Gasteiger partial charge in [0.15, 0.2) is 0 Å². The van der Waals surface area contributed by atoms with E-state index < -0.39 is 36.1 Å². The smallest absolute Gasteiger partial charge is 0.545 e. The minimum absolute atomic E-state index is 0. The molecule has 0 atom stereocenters. The van der Waals surface area contributed by atoms with Gasteiger partial charge < -0.3 is 60.5 Å². The van der Waals surface area contributed by atoms with Crippen LogP contribution in [0.2, 0.25) is 0 Å². The normalized spacial score (nSPS) is 6.61. The van der Waals surface area contributed by atoms with Crippen molar-refractivity contribution in [3.05, 3.63) is 50.6 Å². The fourth-order valence-corrected chi connectivity index (χ4v) is 0.285. The van der Waals surface area contributed by atoms with Crippen LogP contribution >= 0.6 is 0 Å². The average Bonchev–Trinajstić information content (AvgIpc) is 2.69. The largest absolute Gasteiger partial charge is 4.00 e. The van der Waals surface area contributed by atoms with Gasteiger partial charge in [-0.3, -0.25) is 0 Å². The van der Waals surface area contributed by atoms with E-state index in [4.69, 9.17) is 39.6 Å². The standard InChI is InChI=1S/2C3H7NO2.4C3H4O2.Ti/c2*1-2-6-3(4)5;4*1-2-3(4)5;/h2*2H2,1H3,(H2,4,5);4*2H,1H2,(H,4,5);/q;;;;;;+4/p-4. The van der Waals surface area contributed by atoms with Crippen molar-refractivity contribution >= 4 is 36.1 Å². The van der Waals surface area contributed by atoms with Crippen molar-refractivity contribution in [1.29, 1.82) is 0 Å². The summed E-state index contributed by atoms with van der Waals surface area (Å²) in [6, 6.07) is 0. The Hall–Kier alpha value is -3.91. The Kier molecular flexibility index (Phi) is 60.2. The second-order valence-corrected chi connectivity index (χ2v) is 3.60. The van der Waals surface area contributed by atoms with E-state index in [9.17, 15) is 9.59 Å². The second kappa shape index (κ2) is 42.2. The summed E-state index contributed by atoms with van der Waals surface area (Å²) < 4.78 is 8.36. The van der Waals surface area contributed by atoms with Gasteiger partial charge in [0, 0.05) is 0 Å². The predicted octanol–water partition coefficient (Wildman–Crippen LogP) is -4.11. The SMILES string of the molecule is C=CC(=O)[O-].C=CC(=O)[O-].C=CC(=O)[O-].C=CC(=O)[O-].CCOC(N)=O.CCOC(N)=O.[Ti+4]. The van der Waals surface area contributed by atoms with E-state index in [0.29, 0.717) is 13.2 Å². The molecule has 14 nitrogen and oxygen atoms in total. The van der Waals surface area contributed by atoms with E-state index in [1.807, 2.05) is 0 Å². The van der Waals surface area contributed by atoms with Crippen LogP contribution in [0.25, 0.3) is 0 Å². The van der Waals surface area contributed by atoms with E-state index in [1.54, 1.807) is 13.8 Å². The average molecular weight is 510 g/mol. The number of nitrogens with two attached hydrogens (primary N) is 2. The van der Waals surface area contributed by atoms with E-state index in [2.05, 4.69) is 47.3 Å². The molecule has 0 aliphatic carbocycles. The predicted molar refractivity (Wildman–Crippen MR) is 103 cm³/mol. The van der Waals surface area contributed by atoms with Crippen LogP contribution in [-0.2, 0) is 50.4 Å². The number of carbonyl (C=O) groups excluding carboxylic acids is 6. The minimum atomic E-state index is -1.23. The molecule has 0 aliphatic heterocycles. The number of ether oxygens (including phenoxy) is 2. The first-order valence-electron chi connectivity index (χ1n) is 7.81. The third-order valence-electron chi connectivity index (χ3n) is 1.24. The molecule has 0 fully saturated rings. The maximum absolute atomic E-state index is 9.60. The molecule has 0 spiro atoms. The Morgan fingerprint density at radius 3 is 0.727 bits per heavy atom. The fourth-order valence-electron chi connectivity index (χ4n) is 0.285. The zero-order valence-electron chi connectivity index (χ0n) is 18.1. The van der Waals surface area contributed by atoms with Crippen LogP contribution in [-0.4, -0.2) is 49.3 Å². The number of carboxylic acid groups (broad SMARTS) is 4. The van der Waals surface area contributed by atoms with Crippen molar-refractivity contribution in [2.45, 2.75) is 13.8 Å². The van der Waals surface area contributed by atoms with Gasteiger partial charge in [0.2, 0.25) is 0 Å². The first kappa shape index (κ1) is 47.0. The third kappa shape index (κ3) is 188. The van der Waals surface area contributed by atoms with Crippen LogP contribution in [0, 0.1) is 0 Å². The molecule has 184 valence electrons. The number of carboxylic acids is 4. The molecule has 0 bridgehead atoms. The number of carbonyl (C=O) groups is 6. The van der Waals surface area contributed by atoms with Crippen LogP contribution in [0.3, 0.4) is 0 Å². The zero-order chi connectivity index (χ0) is 27.1. The molecule has 0 aromatic heterocycles. The van der Waals surface area contributed by atoms with E-state index in [1.165, 1.54) is 0 Å². The zero-order valence-corrected chi connectivity index (χ0v) is 19.7. The van der Waals surface area contributed by atoms with Crippen LogP contribution in [0.1, 0.15) is 13.8 Å². The summed E-state index contributed by atoms with van der Waals surface area (Å²) in [6.45, 7) is 15.7. The molecule has 2 amide bonds. The van der Waals surface area contributed by atoms with Crippen molar-refractivity contribution in [2.75, 3.05) is 13.2 Å². The Labute approximate surface area is 205 Å². The molecular formula is C18H26N2O12Ti. The maximum Gasteiger partial charge on any atom is 4.00 e. The van der Waals surface area contributed by atoms with Crippen molar-refractivity contribution in [3.63, 3.8) is 0 Å². The molecule has 15 heteroatoms. The molecule has 0 heterocycles. The summed E-state index contributed by atoms with van der Waals surface area (Å²) in [7, 11) is 0. The van der Waals surface area contributed by atoms with Gasteiger partial charge in [-0.15, -0.1) is 0 Å². The van der Waals surface area contributed by atoms with Gasteiger partial charge >= 0.3 is 33.9 Å². The molecule has 0 unspecified atom stereocenters. The molecule has 0 saturated heterocycles. The number of aliphatic carboxylic acids is 4. The quantitative estimate of drug-likeness (QED) is 0.255. The van der Waals surface area contributed by atoms with Gasteiger partial charge in [-0.25, -0.2) is 9.59 Å². The number of hydrogen-bond donors (Lipinski definition) is 2. The van der Waals surface area contributed by atoms with Crippen molar-refractivity contribution in [3.8, 4) is 0 Å². The van der Waals surface area contributed by atoms with E-state index in [0.717, 1.165) is 24.3 Å². The molecule has 33 heavy (non-hydrogen) atoms. The summed E-state index contributed by atoms with van der Waals surface area (Å²) in [5.74, 6) is -4.93. The number of hydrogen-bond acceptors (Lipinski definition) is 12. The fraction of sp³-hybridized carbons (Fsp3) is 0.222. The second-order valence-electron chi connectivity index (χ2n) is 3.60. The number of rotatable bonds is 6. The van der Waals surface area contributed by atoms with Gasteiger partial charge in [-0.1, -0.05) is 26.3 Å². The van der Waals surface area contributed by atoms with Gasteiger partial charge in [-0.2, -0.15) is 0 Å². The Morgan fingerprint density at radius 2 is 0.727 bits per heavy atom. The summed E-state index contributed by atoms with van der Waals surface area (Å²) in [4.78, 5) is 55.8. The molecule has 0 saturated carbocycles. The molecule has 0 rings (SSSR count).